The van der Waals surface area contributed by atoms with Crippen molar-refractivity contribution in [1.82, 2.24) is 14.5 Å². The largest absolute Gasteiger partial charge is 0.408 e. The molecule has 1 aliphatic carbocycles. The quantitative estimate of drug-likeness (QED) is 0.792. The molecule has 0 bridgehead atoms. The molecule has 8 nitrogen and oxygen atoms in total. The van der Waals surface area contributed by atoms with Gasteiger partial charge in [0, 0.05) is 26.6 Å². The fourth-order valence-electron chi connectivity index (χ4n) is 3.53. The Morgan fingerprint density at radius 1 is 1.22 bits per heavy atom. The van der Waals surface area contributed by atoms with Crippen molar-refractivity contribution in [3.63, 3.8) is 0 Å². The van der Waals surface area contributed by atoms with Gasteiger partial charge in [0.05, 0.1) is 24.0 Å². The van der Waals surface area contributed by atoms with Crippen LogP contribution in [0.15, 0.2) is 4.42 Å². The molecule has 0 amide bonds. The van der Waals surface area contributed by atoms with E-state index in [1.807, 2.05) is 4.90 Å². The number of aromatic nitrogens is 2. The van der Waals surface area contributed by atoms with Gasteiger partial charge in [-0.3, -0.25) is 0 Å². The highest BCUT2D eigenvalue weighted by Crippen LogP contribution is 2.36. The summed E-state index contributed by atoms with van der Waals surface area (Å²) >= 11 is 0. The number of anilines is 1. The number of nitrogens with zero attached hydrogens (tertiary/aromatic N) is 4. The molecule has 3 aliphatic rings. The van der Waals surface area contributed by atoms with E-state index in [4.69, 9.17) is 9.15 Å². The molecule has 128 valence electrons. The first-order valence-corrected chi connectivity index (χ1v) is 9.67. The van der Waals surface area contributed by atoms with Crippen LogP contribution in [0.5, 0.6) is 0 Å². The Balaban J connectivity index is 1.52. The topological polar surface area (TPSA) is 88.8 Å². The van der Waals surface area contributed by atoms with Gasteiger partial charge in [-0.25, -0.2) is 8.42 Å². The van der Waals surface area contributed by atoms with Gasteiger partial charge >= 0.3 is 6.01 Å². The summed E-state index contributed by atoms with van der Waals surface area (Å²) in [5, 5.41) is 7.78. The third-order valence-electron chi connectivity index (χ3n) is 4.84. The first kappa shape index (κ1) is 15.3. The molecule has 0 aromatic carbocycles. The molecular formula is C14H22N4O4S. The summed E-state index contributed by atoms with van der Waals surface area (Å²) in [6, 6.07) is 0.493. The number of sulfonamides is 1. The van der Waals surface area contributed by atoms with E-state index >= 15 is 0 Å². The molecule has 3 heterocycles. The highest BCUT2D eigenvalue weighted by atomic mass is 32.2. The van der Waals surface area contributed by atoms with Gasteiger partial charge < -0.3 is 14.1 Å². The van der Waals surface area contributed by atoms with Crippen molar-refractivity contribution in [2.45, 2.75) is 43.5 Å². The molecule has 3 fully saturated rings. The molecular weight excluding hydrogens is 320 g/mol. The lowest BCUT2D eigenvalue weighted by Gasteiger charge is -2.47. The Labute approximate surface area is 135 Å². The Kier molecular flexibility index (Phi) is 3.62. The number of aryl methyl sites for hydroxylation is 1. The second kappa shape index (κ2) is 5.42. The number of piperidine rings is 1. The highest BCUT2D eigenvalue weighted by Gasteiger charge is 2.48. The van der Waals surface area contributed by atoms with Gasteiger partial charge in [-0.15, -0.1) is 5.10 Å². The number of hydrogen-bond acceptors (Lipinski definition) is 7. The van der Waals surface area contributed by atoms with Crippen molar-refractivity contribution in [3.8, 4) is 0 Å². The van der Waals surface area contributed by atoms with Crippen LogP contribution in [0.4, 0.5) is 6.01 Å². The highest BCUT2D eigenvalue weighted by molar-refractivity contribution is 7.90. The van der Waals surface area contributed by atoms with Gasteiger partial charge in [0.25, 0.3) is 0 Å². The normalized spacial score (nSPS) is 30.0. The molecule has 0 radical (unpaired) electrons. The second-order valence-corrected chi connectivity index (χ2v) is 8.95. The third-order valence-corrected chi connectivity index (χ3v) is 7.19. The fraction of sp³-hybridized carbons (Fsp3) is 0.857. The van der Waals surface area contributed by atoms with Crippen LogP contribution in [0.25, 0.3) is 0 Å². The summed E-state index contributed by atoms with van der Waals surface area (Å²) in [5.74, 6) is 0.530. The van der Waals surface area contributed by atoms with E-state index in [0.29, 0.717) is 38.1 Å². The minimum atomic E-state index is -3.16. The van der Waals surface area contributed by atoms with E-state index in [0.717, 1.165) is 32.2 Å². The predicted molar refractivity (Wildman–Crippen MR) is 82.7 cm³/mol. The molecule has 1 atom stereocenters. The van der Waals surface area contributed by atoms with Gasteiger partial charge in [0.15, 0.2) is 0 Å². The van der Waals surface area contributed by atoms with Crippen LogP contribution in [0, 0.1) is 6.92 Å². The average Bonchev–Trinajstić information content (AvgIpc) is 3.30. The van der Waals surface area contributed by atoms with Crippen LogP contribution < -0.4 is 4.90 Å². The van der Waals surface area contributed by atoms with E-state index in [1.54, 1.807) is 11.2 Å². The van der Waals surface area contributed by atoms with Gasteiger partial charge in [0.2, 0.25) is 15.9 Å². The number of rotatable bonds is 3. The second-order valence-electron chi connectivity index (χ2n) is 6.74. The van der Waals surface area contributed by atoms with Crippen LogP contribution >= 0.6 is 0 Å². The smallest absolute Gasteiger partial charge is 0.318 e. The zero-order valence-electron chi connectivity index (χ0n) is 13.3. The van der Waals surface area contributed by atoms with Crippen LogP contribution in [-0.4, -0.2) is 66.6 Å². The first-order valence-electron chi connectivity index (χ1n) is 8.17. The van der Waals surface area contributed by atoms with Crippen molar-refractivity contribution in [2.75, 3.05) is 37.7 Å². The fourth-order valence-corrected chi connectivity index (χ4v) is 5.42. The summed E-state index contributed by atoms with van der Waals surface area (Å²) in [4.78, 5) is 2.01. The molecule has 23 heavy (non-hydrogen) atoms. The molecule has 0 unspecified atom stereocenters. The number of ether oxygens (including phenoxy) is 1. The first-order chi connectivity index (χ1) is 11.0. The molecule has 1 aromatic rings. The minimum absolute atomic E-state index is 0.170. The van der Waals surface area contributed by atoms with E-state index in [1.165, 1.54) is 0 Å². The maximum Gasteiger partial charge on any atom is 0.318 e. The SMILES string of the molecule is Cc1nnc(N2CCC[C@]3(C2)CN(S(=O)(=O)C2CC2)CCO3)o1. The summed E-state index contributed by atoms with van der Waals surface area (Å²) < 4.78 is 38.3. The Bertz CT molecular complexity index is 683. The van der Waals surface area contributed by atoms with Gasteiger partial charge in [0.1, 0.15) is 0 Å². The lowest BCUT2D eigenvalue weighted by molar-refractivity contribution is -0.0955. The number of morpholine rings is 1. The van der Waals surface area contributed by atoms with E-state index in [2.05, 4.69) is 10.2 Å². The zero-order valence-corrected chi connectivity index (χ0v) is 14.1. The van der Waals surface area contributed by atoms with E-state index < -0.39 is 15.6 Å². The minimum Gasteiger partial charge on any atom is -0.408 e. The number of hydrogen-bond donors (Lipinski definition) is 0. The van der Waals surface area contributed by atoms with Crippen molar-refractivity contribution in [2.24, 2.45) is 0 Å². The van der Waals surface area contributed by atoms with Crippen molar-refractivity contribution in [1.29, 1.82) is 0 Å². The molecule has 1 aromatic heterocycles. The Hall–Kier alpha value is -1.19. The summed E-state index contributed by atoms with van der Waals surface area (Å²) in [6.07, 6.45) is 3.35. The van der Waals surface area contributed by atoms with Crippen molar-refractivity contribution in [3.05, 3.63) is 5.89 Å². The van der Waals surface area contributed by atoms with Crippen LogP contribution in [-0.2, 0) is 14.8 Å². The lowest BCUT2D eigenvalue weighted by atomic mass is 9.91. The Morgan fingerprint density at radius 3 is 2.74 bits per heavy atom. The monoisotopic (exact) mass is 342 g/mol. The molecule has 1 saturated carbocycles. The summed E-state index contributed by atoms with van der Waals surface area (Å²) in [5.41, 5.74) is -0.471. The van der Waals surface area contributed by atoms with E-state index in [9.17, 15) is 8.42 Å². The van der Waals surface area contributed by atoms with Gasteiger partial charge in [-0.1, -0.05) is 5.10 Å². The van der Waals surface area contributed by atoms with Crippen LogP contribution in [0.1, 0.15) is 31.6 Å². The molecule has 2 aliphatic heterocycles. The zero-order chi connectivity index (χ0) is 16.1. The predicted octanol–water partition coefficient (Wildman–Crippen LogP) is 0.541. The standard InChI is InChI=1S/C14H22N4O4S/c1-11-15-16-13(22-11)17-6-2-5-14(9-17)10-18(7-8-21-14)23(19,20)12-3-4-12/h12H,2-10H2,1H3/t14-/m0/s1. The van der Waals surface area contributed by atoms with E-state index in [-0.39, 0.29) is 5.25 Å². The maximum atomic E-state index is 12.5. The van der Waals surface area contributed by atoms with Gasteiger partial charge in [-0.05, 0) is 25.7 Å². The van der Waals surface area contributed by atoms with Crippen molar-refractivity contribution < 1.29 is 17.6 Å². The molecule has 9 heteroatoms. The van der Waals surface area contributed by atoms with Gasteiger partial charge in [-0.2, -0.15) is 4.31 Å². The maximum absolute atomic E-state index is 12.5. The molecule has 2 saturated heterocycles. The summed E-state index contributed by atoms with van der Waals surface area (Å²) in [7, 11) is -3.16. The van der Waals surface area contributed by atoms with Crippen LogP contribution in [0.3, 0.4) is 0 Å². The summed E-state index contributed by atoms with van der Waals surface area (Å²) in [6.45, 7) is 4.50. The average molecular weight is 342 g/mol. The molecule has 1 spiro atoms. The third kappa shape index (κ3) is 2.85. The molecule has 0 N–H and O–H groups in total. The van der Waals surface area contributed by atoms with Crippen molar-refractivity contribution >= 4 is 16.0 Å². The lowest BCUT2D eigenvalue weighted by Crippen LogP contribution is -2.61. The molecule has 4 rings (SSSR count). The van der Waals surface area contributed by atoms with Crippen LogP contribution in [0.2, 0.25) is 0 Å². The Morgan fingerprint density at radius 2 is 2.04 bits per heavy atom.